The minimum atomic E-state index is -3.70. The monoisotopic (exact) mass is 352 g/mol. The van der Waals surface area contributed by atoms with Crippen molar-refractivity contribution in [3.05, 3.63) is 27.7 Å². The fourth-order valence-electron chi connectivity index (χ4n) is 2.22. The Morgan fingerprint density at radius 1 is 1.33 bits per heavy atom. The number of benzene rings is 1. The van der Waals surface area contributed by atoms with Crippen molar-refractivity contribution in [3.63, 3.8) is 0 Å². The molecule has 1 aliphatic heterocycles. The number of ether oxygens (including phenoxy) is 1. The van der Waals surface area contributed by atoms with Crippen molar-refractivity contribution in [3.8, 4) is 0 Å². The maximum Gasteiger partial charge on any atom is 0.242 e. The lowest BCUT2D eigenvalue weighted by molar-refractivity contribution is 0.0774. The van der Waals surface area contributed by atoms with E-state index in [1.54, 1.807) is 7.05 Å². The quantitative estimate of drug-likeness (QED) is 0.852. The van der Waals surface area contributed by atoms with Crippen LogP contribution in [0.4, 0.5) is 0 Å². The third-order valence-corrected chi connectivity index (χ3v) is 5.58. The highest BCUT2D eigenvalue weighted by atomic mass is 35.5. The van der Waals surface area contributed by atoms with Crippen molar-refractivity contribution in [2.45, 2.75) is 30.3 Å². The van der Waals surface area contributed by atoms with Crippen LogP contribution in [0, 0.1) is 0 Å². The van der Waals surface area contributed by atoms with Gasteiger partial charge in [-0.1, -0.05) is 23.2 Å². The second kappa shape index (κ2) is 7.26. The summed E-state index contributed by atoms with van der Waals surface area (Å²) in [6.45, 7) is 1.52. The summed E-state index contributed by atoms with van der Waals surface area (Å²) in [5.41, 5.74) is 0.684. The fourth-order valence-corrected chi connectivity index (χ4v) is 4.34. The van der Waals surface area contributed by atoms with Gasteiger partial charge in [0.1, 0.15) is 4.90 Å². The van der Waals surface area contributed by atoms with Crippen molar-refractivity contribution >= 4 is 33.2 Å². The number of sulfonamides is 1. The Hall–Kier alpha value is -0.370. The molecule has 0 saturated carbocycles. The third-order valence-electron chi connectivity index (χ3n) is 3.24. The highest BCUT2D eigenvalue weighted by Crippen LogP contribution is 2.29. The molecule has 1 aromatic carbocycles. The Labute approximate surface area is 135 Å². The molecule has 1 saturated heterocycles. The molecule has 1 fully saturated rings. The normalized spacial score (nSPS) is 19.7. The lowest BCUT2D eigenvalue weighted by Crippen LogP contribution is -2.40. The Kier molecular flexibility index (Phi) is 5.88. The first kappa shape index (κ1) is 17.0. The van der Waals surface area contributed by atoms with Crippen LogP contribution >= 0.6 is 23.2 Å². The van der Waals surface area contributed by atoms with Gasteiger partial charge in [0.25, 0.3) is 0 Å². The molecule has 0 aromatic heterocycles. The van der Waals surface area contributed by atoms with Crippen molar-refractivity contribution in [2.24, 2.45) is 0 Å². The number of halogens is 2. The summed E-state index contributed by atoms with van der Waals surface area (Å²) in [6, 6.07) is 2.75. The van der Waals surface area contributed by atoms with E-state index in [-0.39, 0.29) is 16.0 Å². The molecule has 0 radical (unpaired) electrons. The Bertz CT molecular complexity index is 602. The average Bonchev–Trinajstić information content (AvgIpc) is 2.42. The molecule has 1 unspecified atom stereocenters. The largest absolute Gasteiger partial charge is 0.380 e. The van der Waals surface area contributed by atoms with E-state index in [0.717, 1.165) is 12.8 Å². The van der Waals surface area contributed by atoms with Gasteiger partial charge in [0.05, 0.1) is 11.6 Å². The maximum atomic E-state index is 12.5. The smallest absolute Gasteiger partial charge is 0.242 e. The minimum Gasteiger partial charge on any atom is -0.380 e. The highest BCUT2D eigenvalue weighted by molar-refractivity contribution is 7.89. The molecule has 2 rings (SSSR count). The van der Waals surface area contributed by atoms with Crippen LogP contribution in [-0.2, 0) is 21.3 Å². The molecule has 8 heteroatoms. The second-order valence-electron chi connectivity index (χ2n) is 4.94. The van der Waals surface area contributed by atoms with Crippen LogP contribution in [0.15, 0.2) is 17.0 Å². The van der Waals surface area contributed by atoms with E-state index in [1.807, 2.05) is 0 Å². The molecular weight excluding hydrogens is 335 g/mol. The fraction of sp³-hybridized carbons (Fsp3) is 0.538. The molecule has 1 atom stereocenters. The number of nitrogens with one attached hydrogen (secondary N) is 2. The predicted octanol–water partition coefficient (Wildman–Crippen LogP) is 2.17. The van der Waals surface area contributed by atoms with E-state index in [4.69, 9.17) is 27.9 Å². The Balaban J connectivity index is 2.27. The molecule has 2 N–H and O–H groups in total. The topological polar surface area (TPSA) is 67.4 Å². The lowest BCUT2D eigenvalue weighted by atomic mass is 10.1. The summed E-state index contributed by atoms with van der Waals surface area (Å²) in [6.07, 6.45) is 1.60. The van der Waals surface area contributed by atoms with Crippen molar-refractivity contribution in [2.75, 3.05) is 20.3 Å². The highest BCUT2D eigenvalue weighted by Gasteiger charge is 2.25. The van der Waals surface area contributed by atoms with Crippen LogP contribution in [0.2, 0.25) is 10.0 Å². The van der Waals surface area contributed by atoms with E-state index in [1.165, 1.54) is 12.1 Å². The van der Waals surface area contributed by atoms with Crippen LogP contribution < -0.4 is 10.0 Å². The zero-order chi connectivity index (χ0) is 15.5. The van der Waals surface area contributed by atoms with Gasteiger partial charge in [-0.3, -0.25) is 0 Å². The van der Waals surface area contributed by atoms with E-state index >= 15 is 0 Å². The summed E-state index contributed by atoms with van der Waals surface area (Å²) < 4.78 is 32.9. The minimum absolute atomic E-state index is 0.0457. The molecule has 0 spiro atoms. The van der Waals surface area contributed by atoms with E-state index in [2.05, 4.69) is 10.0 Å². The van der Waals surface area contributed by atoms with E-state index < -0.39 is 10.0 Å². The Morgan fingerprint density at radius 3 is 2.71 bits per heavy atom. The molecule has 21 heavy (non-hydrogen) atoms. The summed E-state index contributed by atoms with van der Waals surface area (Å²) in [4.78, 5) is 0.0457. The molecule has 0 amide bonds. The number of rotatable bonds is 5. The van der Waals surface area contributed by atoms with Crippen LogP contribution in [0.5, 0.6) is 0 Å². The van der Waals surface area contributed by atoms with Gasteiger partial charge in [-0.2, -0.15) is 0 Å². The van der Waals surface area contributed by atoms with Crippen molar-refractivity contribution < 1.29 is 13.2 Å². The van der Waals surface area contributed by atoms with Gasteiger partial charge >= 0.3 is 0 Å². The first-order valence-corrected chi connectivity index (χ1v) is 8.90. The molecule has 0 bridgehead atoms. The van der Waals surface area contributed by atoms with E-state index in [9.17, 15) is 8.42 Å². The molecule has 1 aliphatic rings. The predicted molar refractivity (Wildman–Crippen MR) is 83.4 cm³/mol. The number of hydrogen-bond acceptors (Lipinski definition) is 4. The van der Waals surface area contributed by atoms with E-state index in [0.29, 0.717) is 30.3 Å². The van der Waals surface area contributed by atoms with Gasteiger partial charge in [-0.25, -0.2) is 13.1 Å². The maximum absolute atomic E-state index is 12.5. The first-order valence-electron chi connectivity index (χ1n) is 6.66. The molecule has 0 aliphatic carbocycles. The average molecular weight is 353 g/mol. The summed E-state index contributed by atoms with van der Waals surface area (Å²) in [5.74, 6) is 0. The molecule has 118 valence electrons. The SMILES string of the molecule is CNCc1cc(S(=O)(=O)NC2CCCOC2)c(Cl)cc1Cl. The Morgan fingerprint density at radius 2 is 2.10 bits per heavy atom. The molecule has 1 aromatic rings. The van der Waals surface area contributed by atoms with Gasteiger partial charge < -0.3 is 10.1 Å². The zero-order valence-corrected chi connectivity index (χ0v) is 14.0. The van der Waals surface area contributed by atoms with Gasteiger partial charge in [0, 0.05) is 24.2 Å². The van der Waals surface area contributed by atoms with Crippen LogP contribution in [0.3, 0.4) is 0 Å². The standard InChI is InChI=1S/C13H18Cl2N2O3S/c1-16-7-9-5-13(12(15)6-11(9)14)21(18,19)17-10-3-2-4-20-8-10/h5-6,10,16-17H,2-4,7-8H2,1H3. The van der Waals surface area contributed by atoms with Gasteiger partial charge in [0.15, 0.2) is 0 Å². The van der Waals surface area contributed by atoms with Gasteiger partial charge in [-0.15, -0.1) is 0 Å². The van der Waals surface area contributed by atoms with Gasteiger partial charge in [0.2, 0.25) is 10.0 Å². The molecular formula is C13H18Cl2N2O3S. The second-order valence-corrected chi connectivity index (χ2v) is 7.44. The summed E-state index contributed by atoms with van der Waals surface area (Å²) in [5, 5.41) is 3.50. The van der Waals surface area contributed by atoms with Gasteiger partial charge in [-0.05, 0) is 37.6 Å². The lowest BCUT2D eigenvalue weighted by Gasteiger charge is -2.23. The van der Waals surface area contributed by atoms with Crippen molar-refractivity contribution in [1.29, 1.82) is 0 Å². The van der Waals surface area contributed by atoms with Crippen LogP contribution in [-0.4, -0.2) is 34.7 Å². The van der Waals surface area contributed by atoms with Crippen LogP contribution in [0.25, 0.3) is 0 Å². The summed E-state index contributed by atoms with van der Waals surface area (Å²) in [7, 11) is -1.94. The number of hydrogen-bond donors (Lipinski definition) is 2. The molecule has 5 nitrogen and oxygen atoms in total. The van der Waals surface area contributed by atoms with Crippen LogP contribution in [0.1, 0.15) is 18.4 Å². The zero-order valence-electron chi connectivity index (χ0n) is 11.7. The molecule has 1 heterocycles. The first-order chi connectivity index (χ1) is 9.94. The van der Waals surface area contributed by atoms with Crippen molar-refractivity contribution in [1.82, 2.24) is 10.0 Å². The third kappa shape index (κ3) is 4.31. The summed E-state index contributed by atoms with van der Waals surface area (Å²) >= 11 is 12.1.